The lowest BCUT2D eigenvalue weighted by Gasteiger charge is -2.16. The molecule has 1 N–H and O–H groups in total. The molecule has 0 aliphatic rings. The molecule has 1 heterocycles. The highest BCUT2D eigenvalue weighted by Crippen LogP contribution is 2.03. The van der Waals surface area contributed by atoms with Crippen molar-refractivity contribution >= 4 is 21.8 Å². The number of hydrogen-bond acceptors (Lipinski definition) is 3. The summed E-state index contributed by atoms with van der Waals surface area (Å²) >= 11 is 3.37. The smallest absolute Gasteiger partial charge is 0.275 e. The van der Waals surface area contributed by atoms with Gasteiger partial charge in [-0.3, -0.25) is 4.79 Å². The van der Waals surface area contributed by atoms with Gasteiger partial charge < -0.3 is 4.90 Å². The first-order chi connectivity index (χ1) is 6.11. The number of aromatic nitrogens is 3. The van der Waals surface area contributed by atoms with Gasteiger partial charge in [-0.05, 0) is 0 Å². The van der Waals surface area contributed by atoms with Gasteiger partial charge in [0.15, 0.2) is 5.69 Å². The molecule has 1 amide bonds. The third kappa shape index (κ3) is 2.80. The van der Waals surface area contributed by atoms with Crippen LogP contribution in [0.1, 0.15) is 17.4 Å². The molecule has 5 nitrogen and oxygen atoms in total. The molecule has 0 spiro atoms. The second-order valence-corrected chi connectivity index (χ2v) is 4.38. The summed E-state index contributed by atoms with van der Waals surface area (Å²) in [7, 11) is 1.73. The molecule has 0 radical (unpaired) electrons. The van der Waals surface area contributed by atoms with E-state index < -0.39 is 0 Å². The molecule has 0 aliphatic carbocycles. The number of carbonyl (C=O) groups excluding carboxylic acids is 1. The Morgan fingerprint density at radius 3 is 3.00 bits per heavy atom. The summed E-state index contributed by atoms with van der Waals surface area (Å²) in [6.45, 7) is 2.62. The molecular formula is C7H11BrN4O. The Morgan fingerprint density at radius 2 is 2.54 bits per heavy atom. The van der Waals surface area contributed by atoms with Crippen LogP contribution in [0.3, 0.4) is 0 Å². The van der Waals surface area contributed by atoms with Gasteiger partial charge >= 0.3 is 0 Å². The van der Waals surface area contributed by atoms with Crippen LogP contribution in [0.15, 0.2) is 6.20 Å². The van der Waals surface area contributed by atoms with Crippen molar-refractivity contribution in [2.45, 2.75) is 11.8 Å². The summed E-state index contributed by atoms with van der Waals surface area (Å²) in [6, 6.07) is 0. The van der Waals surface area contributed by atoms with E-state index in [1.165, 1.54) is 6.20 Å². The number of carbonyl (C=O) groups is 1. The van der Waals surface area contributed by atoms with Gasteiger partial charge in [0, 0.05) is 18.4 Å². The molecule has 1 rings (SSSR count). The molecule has 0 aromatic carbocycles. The van der Waals surface area contributed by atoms with Crippen LogP contribution in [0.2, 0.25) is 0 Å². The van der Waals surface area contributed by atoms with Crippen molar-refractivity contribution in [2.24, 2.45) is 0 Å². The van der Waals surface area contributed by atoms with E-state index in [1.54, 1.807) is 11.9 Å². The normalized spacial score (nSPS) is 12.5. The Balaban J connectivity index is 2.58. The predicted molar refractivity (Wildman–Crippen MR) is 51.7 cm³/mol. The van der Waals surface area contributed by atoms with Gasteiger partial charge in [-0.25, -0.2) is 0 Å². The lowest BCUT2D eigenvalue weighted by Crippen LogP contribution is -2.31. The van der Waals surface area contributed by atoms with Crippen LogP contribution in [0.25, 0.3) is 0 Å². The van der Waals surface area contributed by atoms with Crippen LogP contribution in [-0.4, -0.2) is 44.6 Å². The maximum Gasteiger partial charge on any atom is 0.275 e. The highest BCUT2D eigenvalue weighted by molar-refractivity contribution is 9.09. The topological polar surface area (TPSA) is 61.9 Å². The Kier molecular flexibility index (Phi) is 3.41. The highest BCUT2D eigenvalue weighted by Gasteiger charge is 2.15. The van der Waals surface area contributed by atoms with Crippen molar-refractivity contribution in [3.63, 3.8) is 0 Å². The number of nitrogens with zero attached hydrogens (tertiary/aromatic N) is 3. The van der Waals surface area contributed by atoms with E-state index in [1.807, 2.05) is 6.92 Å². The van der Waals surface area contributed by atoms with Gasteiger partial charge in [0.25, 0.3) is 5.91 Å². The van der Waals surface area contributed by atoms with Crippen molar-refractivity contribution in [1.29, 1.82) is 0 Å². The SMILES string of the molecule is CC(Br)CN(C)C(=O)c1cn[nH]n1. The number of nitrogens with one attached hydrogen (secondary N) is 1. The minimum atomic E-state index is -0.125. The molecule has 72 valence electrons. The zero-order valence-corrected chi connectivity index (χ0v) is 9.08. The molecule has 1 aromatic rings. The number of hydrogen-bond donors (Lipinski definition) is 1. The first-order valence-electron chi connectivity index (χ1n) is 3.86. The quantitative estimate of drug-likeness (QED) is 0.798. The minimum Gasteiger partial charge on any atom is -0.339 e. The van der Waals surface area contributed by atoms with Crippen LogP contribution in [-0.2, 0) is 0 Å². The van der Waals surface area contributed by atoms with E-state index in [0.29, 0.717) is 12.2 Å². The van der Waals surface area contributed by atoms with Gasteiger partial charge in [-0.1, -0.05) is 22.9 Å². The lowest BCUT2D eigenvalue weighted by atomic mass is 10.3. The van der Waals surface area contributed by atoms with Crippen LogP contribution in [0.5, 0.6) is 0 Å². The average Bonchev–Trinajstić information content (AvgIpc) is 2.53. The fraction of sp³-hybridized carbons (Fsp3) is 0.571. The second-order valence-electron chi connectivity index (χ2n) is 2.82. The maximum atomic E-state index is 11.5. The van der Waals surface area contributed by atoms with E-state index in [0.717, 1.165) is 0 Å². The molecule has 13 heavy (non-hydrogen) atoms. The number of halogens is 1. The molecule has 0 fully saturated rings. The van der Waals surface area contributed by atoms with E-state index in [9.17, 15) is 4.79 Å². The number of alkyl halides is 1. The second kappa shape index (κ2) is 4.36. The number of rotatable bonds is 3. The number of amides is 1. The van der Waals surface area contributed by atoms with Gasteiger partial charge in [0.2, 0.25) is 0 Å². The lowest BCUT2D eigenvalue weighted by molar-refractivity contribution is 0.0791. The molecule has 1 atom stereocenters. The first-order valence-corrected chi connectivity index (χ1v) is 4.78. The van der Waals surface area contributed by atoms with Crippen molar-refractivity contribution in [1.82, 2.24) is 20.3 Å². The number of aromatic amines is 1. The standard InChI is InChI=1S/C7H11BrN4O/c1-5(8)4-12(2)7(13)6-3-9-11-10-6/h3,5H,4H2,1-2H3,(H,9,10,11). The van der Waals surface area contributed by atoms with Gasteiger partial charge in [0.05, 0.1) is 6.20 Å². The third-order valence-corrected chi connectivity index (χ3v) is 1.80. The minimum absolute atomic E-state index is 0.125. The van der Waals surface area contributed by atoms with Gasteiger partial charge in [-0.15, -0.1) is 0 Å². The fourth-order valence-electron chi connectivity index (χ4n) is 0.960. The summed E-state index contributed by atoms with van der Waals surface area (Å²) in [5.41, 5.74) is 0.343. The Morgan fingerprint density at radius 1 is 1.85 bits per heavy atom. The molecule has 1 aromatic heterocycles. The summed E-state index contributed by atoms with van der Waals surface area (Å²) < 4.78 is 0. The van der Waals surface area contributed by atoms with Crippen LogP contribution < -0.4 is 0 Å². The largest absolute Gasteiger partial charge is 0.339 e. The molecule has 0 aliphatic heterocycles. The van der Waals surface area contributed by atoms with Crippen LogP contribution >= 0.6 is 15.9 Å². The van der Waals surface area contributed by atoms with Crippen LogP contribution in [0.4, 0.5) is 0 Å². The Hall–Kier alpha value is -0.910. The third-order valence-electron chi connectivity index (χ3n) is 1.51. The van der Waals surface area contributed by atoms with Gasteiger partial charge in [-0.2, -0.15) is 15.4 Å². The summed E-state index contributed by atoms with van der Waals surface area (Å²) in [4.78, 5) is 13.4. The van der Waals surface area contributed by atoms with Crippen molar-refractivity contribution in [2.75, 3.05) is 13.6 Å². The van der Waals surface area contributed by atoms with Crippen molar-refractivity contribution < 1.29 is 4.79 Å². The van der Waals surface area contributed by atoms with Crippen molar-refractivity contribution in [3.8, 4) is 0 Å². The Labute approximate surface area is 84.6 Å². The molecule has 6 heteroatoms. The molecule has 0 bridgehead atoms. The molecule has 1 unspecified atom stereocenters. The number of H-pyrrole nitrogens is 1. The fourth-order valence-corrected chi connectivity index (χ4v) is 1.39. The zero-order chi connectivity index (χ0) is 9.84. The average molecular weight is 247 g/mol. The maximum absolute atomic E-state index is 11.5. The van der Waals surface area contributed by atoms with Gasteiger partial charge in [0.1, 0.15) is 0 Å². The van der Waals surface area contributed by atoms with E-state index in [2.05, 4.69) is 31.3 Å². The van der Waals surface area contributed by atoms with Crippen molar-refractivity contribution in [3.05, 3.63) is 11.9 Å². The Bertz CT molecular complexity index is 272. The predicted octanol–water partition coefficient (Wildman–Crippen LogP) is 0.660. The van der Waals surface area contributed by atoms with Crippen LogP contribution in [0, 0.1) is 0 Å². The molecular weight excluding hydrogens is 236 g/mol. The molecule has 0 saturated carbocycles. The van der Waals surface area contributed by atoms with E-state index in [4.69, 9.17) is 0 Å². The first kappa shape index (κ1) is 10.2. The monoisotopic (exact) mass is 246 g/mol. The zero-order valence-electron chi connectivity index (χ0n) is 7.49. The van der Waals surface area contributed by atoms with E-state index >= 15 is 0 Å². The summed E-state index contributed by atoms with van der Waals surface area (Å²) in [5.74, 6) is -0.125. The summed E-state index contributed by atoms with van der Waals surface area (Å²) in [5, 5.41) is 9.67. The molecule has 0 saturated heterocycles. The highest BCUT2D eigenvalue weighted by atomic mass is 79.9. The summed E-state index contributed by atoms with van der Waals surface area (Å²) in [6.07, 6.45) is 1.41. The van der Waals surface area contributed by atoms with E-state index in [-0.39, 0.29) is 10.7 Å².